The molecule has 0 bridgehead atoms. The van der Waals surface area contributed by atoms with Gasteiger partial charge in [0.2, 0.25) is 0 Å². The van der Waals surface area contributed by atoms with Crippen LogP contribution in [-0.4, -0.2) is 25.0 Å². The van der Waals surface area contributed by atoms with Crippen molar-refractivity contribution in [3.05, 3.63) is 0 Å². The second-order valence-electron chi connectivity index (χ2n) is 2.49. The highest BCUT2D eigenvalue weighted by molar-refractivity contribution is 4.66. The summed E-state index contributed by atoms with van der Waals surface area (Å²) in [5.74, 6) is 0.566. The van der Waals surface area contributed by atoms with E-state index in [1.54, 1.807) is 0 Å². The van der Waals surface area contributed by atoms with Gasteiger partial charge >= 0.3 is 0 Å². The molecule has 0 radical (unpaired) electrons. The average molecular weight is 131 g/mol. The first kappa shape index (κ1) is 6.99. The second kappa shape index (κ2) is 3.82. The van der Waals surface area contributed by atoms with E-state index in [0.717, 1.165) is 25.9 Å². The lowest BCUT2D eigenvalue weighted by atomic mass is 10.00. The number of piperidine rings is 1. The van der Waals surface area contributed by atoms with Crippen molar-refractivity contribution in [3.63, 3.8) is 0 Å². The maximum Gasteiger partial charge on any atom is 0.0848 e. The quantitative estimate of drug-likeness (QED) is 0.423. The van der Waals surface area contributed by atoms with Crippen LogP contribution in [0.2, 0.25) is 0 Å². The molecule has 0 spiro atoms. The van der Waals surface area contributed by atoms with Crippen molar-refractivity contribution in [2.24, 2.45) is 5.92 Å². The van der Waals surface area contributed by atoms with Crippen LogP contribution in [0, 0.1) is 5.92 Å². The van der Waals surface area contributed by atoms with E-state index in [0.29, 0.717) is 12.5 Å². The van der Waals surface area contributed by atoms with E-state index in [2.05, 4.69) is 10.2 Å². The lowest BCUT2D eigenvalue weighted by Gasteiger charge is -2.20. The van der Waals surface area contributed by atoms with E-state index in [9.17, 15) is 0 Å². The Morgan fingerprint density at radius 1 is 1.44 bits per heavy atom. The SMILES string of the molecule is OOCC1CCNCC1. The second-order valence-corrected chi connectivity index (χ2v) is 2.49. The van der Waals surface area contributed by atoms with Crippen LogP contribution >= 0.6 is 0 Å². The van der Waals surface area contributed by atoms with Gasteiger partial charge in [0.25, 0.3) is 0 Å². The lowest BCUT2D eigenvalue weighted by Crippen LogP contribution is -2.29. The van der Waals surface area contributed by atoms with Crippen molar-refractivity contribution >= 4 is 0 Å². The molecule has 0 aliphatic carbocycles. The minimum atomic E-state index is 0.502. The summed E-state index contributed by atoms with van der Waals surface area (Å²) < 4.78 is 0. The molecule has 0 unspecified atom stereocenters. The Morgan fingerprint density at radius 3 is 2.67 bits per heavy atom. The Morgan fingerprint density at radius 2 is 2.11 bits per heavy atom. The third-order valence-electron chi connectivity index (χ3n) is 1.77. The van der Waals surface area contributed by atoms with Crippen molar-refractivity contribution in [2.45, 2.75) is 12.8 Å². The Hall–Kier alpha value is -0.120. The summed E-state index contributed by atoms with van der Waals surface area (Å²) in [5, 5.41) is 11.3. The number of hydrogen-bond acceptors (Lipinski definition) is 3. The van der Waals surface area contributed by atoms with E-state index in [4.69, 9.17) is 5.26 Å². The summed E-state index contributed by atoms with van der Waals surface area (Å²) in [6, 6.07) is 0. The van der Waals surface area contributed by atoms with Gasteiger partial charge in [-0.1, -0.05) is 0 Å². The van der Waals surface area contributed by atoms with Crippen molar-refractivity contribution in [3.8, 4) is 0 Å². The van der Waals surface area contributed by atoms with Crippen molar-refractivity contribution in [2.75, 3.05) is 19.7 Å². The molecule has 1 heterocycles. The fourth-order valence-corrected chi connectivity index (χ4v) is 1.15. The lowest BCUT2D eigenvalue weighted by molar-refractivity contribution is -0.252. The Balaban J connectivity index is 2.08. The van der Waals surface area contributed by atoms with Gasteiger partial charge in [-0.3, -0.25) is 5.26 Å². The summed E-state index contributed by atoms with van der Waals surface area (Å²) in [7, 11) is 0. The van der Waals surface area contributed by atoms with Gasteiger partial charge in [0.15, 0.2) is 0 Å². The molecular formula is C6H13NO2. The first-order valence-corrected chi connectivity index (χ1v) is 3.40. The molecule has 0 aromatic rings. The normalized spacial score (nSPS) is 22.3. The molecule has 1 rings (SSSR count). The largest absolute Gasteiger partial charge is 0.317 e. The summed E-state index contributed by atoms with van der Waals surface area (Å²) in [5.41, 5.74) is 0. The molecule has 3 nitrogen and oxygen atoms in total. The molecule has 1 aliphatic heterocycles. The van der Waals surface area contributed by atoms with Crippen molar-refractivity contribution in [1.29, 1.82) is 0 Å². The number of nitrogens with one attached hydrogen (secondary N) is 1. The van der Waals surface area contributed by atoms with E-state index in [-0.39, 0.29) is 0 Å². The van der Waals surface area contributed by atoms with Crippen LogP contribution in [0.4, 0.5) is 0 Å². The van der Waals surface area contributed by atoms with Crippen LogP contribution in [0.25, 0.3) is 0 Å². The molecule has 9 heavy (non-hydrogen) atoms. The zero-order valence-corrected chi connectivity index (χ0v) is 5.47. The number of hydrogen-bond donors (Lipinski definition) is 2. The highest BCUT2D eigenvalue weighted by Gasteiger charge is 2.11. The van der Waals surface area contributed by atoms with E-state index in [1.165, 1.54) is 0 Å². The van der Waals surface area contributed by atoms with Gasteiger partial charge in [-0.15, -0.1) is 0 Å². The maximum atomic E-state index is 8.10. The topological polar surface area (TPSA) is 41.5 Å². The van der Waals surface area contributed by atoms with Gasteiger partial charge in [0.1, 0.15) is 0 Å². The van der Waals surface area contributed by atoms with Gasteiger partial charge in [0, 0.05) is 0 Å². The molecular weight excluding hydrogens is 118 g/mol. The van der Waals surface area contributed by atoms with Gasteiger partial charge in [-0.2, -0.15) is 0 Å². The van der Waals surface area contributed by atoms with Crippen molar-refractivity contribution in [1.82, 2.24) is 5.32 Å². The first-order chi connectivity index (χ1) is 4.43. The monoisotopic (exact) mass is 131 g/mol. The molecule has 0 amide bonds. The maximum absolute atomic E-state index is 8.10. The molecule has 0 atom stereocenters. The average Bonchev–Trinajstić information content (AvgIpc) is 1.91. The van der Waals surface area contributed by atoms with Crippen LogP contribution in [0.5, 0.6) is 0 Å². The molecule has 1 fully saturated rings. The predicted octanol–water partition coefficient (Wildman–Crippen LogP) is 0.476. The standard InChI is InChI=1S/C6H13NO2/c8-9-5-6-1-3-7-4-2-6/h6-8H,1-5H2. The minimum Gasteiger partial charge on any atom is -0.317 e. The molecule has 0 aromatic carbocycles. The van der Waals surface area contributed by atoms with E-state index < -0.39 is 0 Å². The van der Waals surface area contributed by atoms with Crippen LogP contribution in [-0.2, 0) is 4.89 Å². The van der Waals surface area contributed by atoms with Crippen LogP contribution in [0.3, 0.4) is 0 Å². The van der Waals surface area contributed by atoms with Crippen LogP contribution in [0.1, 0.15) is 12.8 Å². The van der Waals surface area contributed by atoms with Gasteiger partial charge < -0.3 is 5.32 Å². The molecule has 2 N–H and O–H groups in total. The summed E-state index contributed by atoms with van der Waals surface area (Å²) >= 11 is 0. The summed E-state index contributed by atoms with van der Waals surface area (Å²) in [6.07, 6.45) is 2.25. The molecule has 54 valence electrons. The van der Waals surface area contributed by atoms with Gasteiger partial charge in [-0.25, -0.2) is 4.89 Å². The summed E-state index contributed by atoms with van der Waals surface area (Å²) in [6.45, 7) is 2.63. The molecule has 0 aromatic heterocycles. The van der Waals surface area contributed by atoms with Crippen LogP contribution < -0.4 is 5.32 Å². The Kier molecular flexibility index (Phi) is 2.97. The summed E-state index contributed by atoms with van der Waals surface area (Å²) in [4.78, 5) is 4.05. The smallest absolute Gasteiger partial charge is 0.0848 e. The highest BCUT2D eigenvalue weighted by atomic mass is 17.1. The Labute approximate surface area is 54.9 Å². The predicted molar refractivity (Wildman–Crippen MR) is 34.2 cm³/mol. The van der Waals surface area contributed by atoms with Crippen LogP contribution in [0.15, 0.2) is 0 Å². The fraction of sp³-hybridized carbons (Fsp3) is 1.00. The van der Waals surface area contributed by atoms with Gasteiger partial charge in [0.05, 0.1) is 6.61 Å². The molecule has 3 heteroatoms. The third-order valence-corrected chi connectivity index (χ3v) is 1.77. The highest BCUT2D eigenvalue weighted by Crippen LogP contribution is 2.10. The first-order valence-electron chi connectivity index (χ1n) is 3.40. The van der Waals surface area contributed by atoms with E-state index >= 15 is 0 Å². The fourth-order valence-electron chi connectivity index (χ4n) is 1.15. The zero-order valence-electron chi connectivity index (χ0n) is 5.47. The molecule has 1 aliphatic rings. The zero-order chi connectivity index (χ0) is 6.53. The van der Waals surface area contributed by atoms with E-state index in [1.807, 2.05) is 0 Å². The molecule has 0 saturated carbocycles. The third kappa shape index (κ3) is 2.30. The molecule has 1 saturated heterocycles. The van der Waals surface area contributed by atoms with Crippen molar-refractivity contribution < 1.29 is 10.1 Å². The van der Waals surface area contributed by atoms with Gasteiger partial charge in [-0.05, 0) is 31.8 Å². The minimum absolute atomic E-state index is 0.502. The Bertz CT molecular complexity index is 68.7. The number of rotatable bonds is 2.